The maximum atomic E-state index is 11.5. The summed E-state index contributed by atoms with van der Waals surface area (Å²) in [6, 6.07) is 7.02. The smallest absolute Gasteiger partial charge is 0.338 e. The van der Waals surface area contributed by atoms with Gasteiger partial charge in [-0.05, 0) is 45.4 Å². The van der Waals surface area contributed by atoms with Crippen molar-refractivity contribution in [1.82, 2.24) is 0 Å². The van der Waals surface area contributed by atoms with Crippen molar-refractivity contribution in [3.05, 3.63) is 42.3 Å². The summed E-state index contributed by atoms with van der Waals surface area (Å²) in [5.41, 5.74) is 1.00. The van der Waals surface area contributed by atoms with Gasteiger partial charge in [0.25, 0.3) is 0 Å². The van der Waals surface area contributed by atoms with Crippen LogP contribution in [-0.2, 0) is 17.9 Å². The Morgan fingerprint density at radius 1 is 1.24 bits per heavy atom. The van der Waals surface area contributed by atoms with Crippen LogP contribution in [0.3, 0.4) is 0 Å². The molecule has 0 N–H and O–H groups in total. The van der Waals surface area contributed by atoms with Crippen LogP contribution in [0.15, 0.2) is 24.3 Å². The van der Waals surface area contributed by atoms with Gasteiger partial charge in [-0.2, -0.15) is 0 Å². The Morgan fingerprint density at radius 3 is 2.00 bits per heavy atom. The number of rotatable bonds is 1. The molecule has 0 bridgehead atoms. The van der Waals surface area contributed by atoms with Gasteiger partial charge in [0.15, 0.2) is 0 Å². The molecular weight excluding hydrogens is 401 g/mol. The van der Waals surface area contributed by atoms with E-state index in [-0.39, 0.29) is 19.2 Å². The van der Waals surface area contributed by atoms with Crippen molar-refractivity contribution in [1.29, 1.82) is 0 Å². The maximum absolute atomic E-state index is 11.5. The molecule has 0 aromatic heterocycles. The predicted molar refractivity (Wildman–Crippen MR) is 73.9 cm³/mol. The van der Waals surface area contributed by atoms with Gasteiger partial charge >= 0.3 is 46.4 Å². The van der Waals surface area contributed by atoms with Crippen LogP contribution in [0.2, 0.25) is 0 Å². The van der Waals surface area contributed by atoms with Gasteiger partial charge in [-0.15, -0.1) is 0 Å². The second kappa shape index (κ2) is 8.39. The van der Waals surface area contributed by atoms with Crippen LogP contribution in [0.5, 0.6) is 0 Å². The third kappa shape index (κ3) is 8.93. The van der Waals surface area contributed by atoms with Gasteiger partial charge in [0.1, 0.15) is 5.60 Å². The minimum absolute atomic E-state index is 0.250. The van der Waals surface area contributed by atoms with E-state index in [2.05, 4.69) is 34.2 Å². The van der Waals surface area contributed by atoms with E-state index in [1.807, 2.05) is 20.8 Å². The first kappa shape index (κ1) is 17.3. The topological polar surface area (TPSA) is 26.3 Å². The van der Waals surface area contributed by atoms with Crippen LogP contribution in [-0.4, -0.2) is 11.6 Å². The van der Waals surface area contributed by atoms with Gasteiger partial charge in [-0.3, -0.25) is 0 Å². The molecule has 0 heterocycles. The summed E-state index contributed by atoms with van der Waals surface area (Å²) in [5, 5.41) is 0. The number of benzene rings is 1. The van der Waals surface area contributed by atoms with Gasteiger partial charge in [-0.25, -0.2) is 4.79 Å². The molecule has 0 atom stereocenters. The van der Waals surface area contributed by atoms with Crippen molar-refractivity contribution in [2.45, 2.75) is 26.4 Å². The standard InChI is InChI=1S/C12H15O2.2BrH.Zn/c1-9-5-7-10(8-6-9)11(13)14-12(2,3)4;;;/h5-8H,1H2,2-4H3;2*1H;/q;;;+2/p-2. The Kier molecular flexibility index (Phi) is 8.52. The fourth-order valence-corrected chi connectivity index (χ4v) is 0.978. The summed E-state index contributed by atoms with van der Waals surface area (Å²) in [5.74, 6) is -0.294. The number of esters is 1. The average molecular weight is 416 g/mol. The molecular formula is C12H15Br2O2Zn. The first-order valence-corrected chi connectivity index (χ1v) is 19.0. The number of carbonyl (C=O) groups is 1. The van der Waals surface area contributed by atoms with Crippen LogP contribution in [0, 0.1) is 6.92 Å². The molecule has 0 fully saturated rings. The first-order valence-electron chi connectivity index (χ1n) is 5.07. The van der Waals surface area contributed by atoms with Crippen molar-refractivity contribution in [2.24, 2.45) is 0 Å². The molecule has 5 heteroatoms. The van der Waals surface area contributed by atoms with E-state index in [1.54, 1.807) is 24.3 Å². The fraction of sp³-hybridized carbons (Fsp3) is 0.333. The third-order valence-electron chi connectivity index (χ3n) is 1.59. The summed E-state index contributed by atoms with van der Waals surface area (Å²) in [7, 11) is 0. The summed E-state index contributed by atoms with van der Waals surface area (Å²) in [4.78, 5) is 11.5. The third-order valence-corrected chi connectivity index (χ3v) is 1.59. The van der Waals surface area contributed by atoms with Gasteiger partial charge in [0.05, 0.1) is 5.56 Å². The molecule has 17 heavy (non-hydrogen) atoms. The molecule has 0 spiro atoms. The number of hydrogen-bond acceptors (Lipinski definition) is 2. The van der Waals surface area contributed by atoms with E-state index in [4.69, 9.17) is 4.74 Å². The number of halogens is 2. The van der Waals surface area contributed by atoms with Crippen molar-refractivity contribution < 1.29 is 22.7 Å². The molecule has 0 aliphatic carbocycles. The van der Waals surface area contributed by atoms with E-state index in [9.17, 15) is 4.79 Å². The zero-order valence-corrected chi connectivity index (χ0v) is 16.4. The zero-order chi connectivity index (χ0) is 13.5. The molecule has 0 aliphatic rings. The van der Waals surface area contributed by atoms with Gasteiger partial charge in [0.2, 0.25) is 0 Å². The van der Waals surface area contributed by atoms with E-state index in [1.165, 1.54) is 0 Å². The second-order valence-electron chi connectivity index (χ2n) is 4.30. The van der Waals surface area contributed by atoms with Crippen molar-refractivity contribution >= 4 is 33.2 Å². The molecule has 2 nitrogen and oxygen atoms in total. The molecule has 0 saturated heterocycles. The SMILES string of the molecule is [Br][Zn][Br].[CH2]c1ccc(C(=O)OC(C)(C)C)cc1. The Bertz CT molecular complexity index is 345. The summed E-state index contributed by atoms with van der Waals surface area (Å²) in [6.45, 7) is 9.29. The fourth-order valence-electron chi connectivity index (χ4n) is 0.978. The molecule has 0 aliphatic heterocycles. The molecule has 1 aromatic carbocycles. The van der Waals surface area contributed by atoms with Crippen molar-refractivity contribution in [3.63, 3.8) is 0 Å². The van der Waals surface area contributed by atoms with E-state index in [0.29, 0.717) is 5.56 Å². The molecule has 0 saturated carbocycles. The van der Waals surface area contributed by atoms with Gasteiger partial charge in [0, 0.05) is 0 Å². The molecule has 1 rings (SSSR count). The van der Waals surface area contributed by atoms with E-state index in [0.717, 1.165) is 5.56 Å². The predicted octanol–water partition coefficient (Wildman–Crippen LogP) is 4.51. The van der Waals surface area contributed by atoms with E-state index < -0.39 is 5.60 Å². The Hall–Kier alpha value is 0.273. The van der Waals surface area contributed by atoms with Gasteiger partial charge < -0.3 is 4.74 Å². The number of carbonyl (C=O) groups excluding carboxylic acids is 1. The minimum Gasteiger partial charge on any atom is -0.456 e. The van der Waals surface area contributed by atoms with Crippen molar-refractivity contribution in [3.8, 4) is 0 Å². The Morgan fingerprint density at radius 2 is 1.65 bits per heavy atom. The van der Waals surface area contributed by atoms with Crippen LogP contribution >= 0.6 is 27.2 Å². The number of ether oxygens (including phenoxy) is 1. The minimum atomic E-state index is -0.444. The molecule has 91 valence electrons. The Balaban J connectivity index is 0.000000770. The van der Waals surface area contributed by atoms with Crippen molar-refractivity contribution in [2.75, 3.05) is 0 Å². The largest absolute Gasteiger partial charge is 0.456 e. The molecule has 1 radical (unpaired) electrons. The van der Waals surface area contributed by atoms with E-state index >= 15 is 0 Å². The summed E-state index contributed by atoms with van der Waals surface area (Å²) >= 11 is 6.25. The average Bonchev–Trinajstić information content (AvgIpc) is 2.17. The van der Waals surface area contributed by atoms with Gasteiger partial charge in [-0.1, -0.05) is 12.1 Å². The maximum Gasteiger partial charge on any atom is 0.338 e. The van der Waals surface area contributed by atoms with Crippen LogP contribution in [0.1, 0.15) is 36.7 Å². The zero-order valence-electron chi connectivity index (χ0n) is 10.3. The summed E-state index contributed by atoms with van der Waals surface area (Å²) < 4.78 is 5.20. The van der Waals surface area contributed by atoms with Crippen LogP contribution in [0.4, 0.5) is 0 Å². The monoisotopic (exact) mass is 413 g/mol. The molecule has 0 unspecified atom stereocenters. The molecule has 1 aromatic rings. The second-order valence-corrected chi connectivity index (χ2v) is 18.4. The van der Waals surface area contributed by atoms with Crippen LogP contribution in [0.25, 0.3) is 0 Å². The summed E-state index contributed by atoms with van der Waals surface area (Å²) in [6.07, 6.45) is 0. The first-order chi connectivity index (χ1) is 7.80. The number of hydrogen-bond donors (Lipinski definition) is 0. The normalized spacial score (nSPS) is 9.76. The Labute approximate surface area is 124 Å². The molecule has 0 amide bonds. The quantitative estimate of drug-likeness (QED) is 0.497. The van der Waals surface area contributed by atoms with Crippen LogP contribution < -0.4 is 0 Å².